The predicted octanol–water partition coefficient (Wildman–Crippen LogP) is -2.19. The van der Waals surface area contributed by atoms with E-state index in [0.29, 0.717) is 0 Å². The molecule has 0 aliphatic heterocycles. The van der Waals surface area contributed by atoms with Crippen LogP contribution in [0.1, 0.15) is 0 Å². The van der Waals surface area contributed by atoms with Gasteiger partial charge in [-0.3, -0.25) is 4.79 Å². The monoisotopic (exact) mass is 164 g/mol. The molecule has 0 spiro atoms. The number of aliphatic carboxylic acids is 1. The summed E-state index contributed by atoms with van der Waals surface area (Å²) in [5.41, 5.74) is 0. The Morgan fingerprint density at radius 2 is 1.82 bits per heavy atom. The Balaban J connectivity index is 0. The summed E-state index contributed by atoms with van der Waals surface area (Å²) in [7, 11) is 0. The van der Waals surface area contributed by atoms with Crippen LogP contribution in [-0.2, 0) is 14.4 Å². The van der Waals surface area contributed by atoms with E-state index in [0.717, 1.165) is 0 Å². The molecule has 0 bridgehead atoms. The van der Waals surface area contributed by atoms with Crippen molar-refractivity contribution < 1.29 is 29.7 Å². The summed E-state index contributed by atoms with van der Waals surface area (Å²) in [5, 5.41) is 23.3. The van der Waals surface area contributed by atoms with Gasteiger partial charge < -0.3 is 20.1 Å². The number of carbonyl (C=O) groups is 3. The fourth-order valence-corrected chi connectivity index (χ4v) is 0.0430. The van der Waals surface area contributed by atoms with E-state index < -0.39 is 18.7 Å². The molecule has 0 saturated heterocycles. The van der Waals surface area contributed by atoms with Crippen LogP contribution in [0.4, 0.5) is 0 Å². The molecule has 1 unspecified atom stereocenters. The van der Waals surface area contributed by atoms with Crippen LogP contribution in [0.25, 0.3) is 0 Å². The van der Waals surface area contributed by atoms with Crippen LogP contribution in [0.2, 0.25) is 0 Å². The zero-order chi connectivity index (χ0) is 9.28. The third-order valence-corrected chi connectivity index (χ3v) is 0.445. The van der Waals surface area contributed by atoms with E-state index in [1.54, 1.807) is 0 Å². The number of carboxylic acids is 1. The zero-order valence-corrected chi connectivity index (χ0v) is 5.51. The molecule has 11 heavy (non-hydrogen) atoms. The molecule has 0 aliphatic rings. The smallest absolute Gasteiger partial charge is 0.368 e. The molecule has 0 saturated carbocycles. The van der Waals surface area contributed by atoms with E-state index in [1.165, 1.54) is 0 Å². The summed E-state index contributed by atoms with van der Waals surface area (Å²) in [6.07, 6.45) is -1.08. The predicted molar refractivity (Wildman–Crippen MR) is 32.9 cm³/mol. The van der Waals surface area contributed by atoms with Crippen molar-refractivity contribution >= 4 is 18.5 Å². The summed E-state index contributed by atoms with van der Waals surface area (Å²) < 4.78 is 0. The average molecular weight is 164 g/mol. The number of hydrogen-bond donors (Lipinski definition) is 3. The van der Waals surface area contributed by atoms with E-state index in [-0.39, 0.29) is 12.6 Å². The van der Waals surface area contributed by atoms with Gasteiger partial charge in [-0.1, -0.05) is 0 Å². The van der Waals surface area contributed by atoms with Crippen molar-refractivity contribution in [2.75, 3.05) is 6.61 Å². The van der Waals surface area contributed by atoms with Crippen molar-refractivity contribution in [1.82, 2.24) is 0 Å². The summed E-state index contributed by atoms with van der Waals surface area (Å²) in [6, 6.07) is 0. The van der Waals surface area contributed by atoms with E-state index in [1.807, 2.05) is 0 Å². The Kier molecular flexibility index (Phi) is 9.85. The second kappa shape index (κ2) is 8.73. The highest BCUT2D eigenvalue weighted by Crippen LogP contribution is 1.66. The van der Waals surface area contributed by atoms with Crippen LogP contribution < -0.4 is 0 Å². The first-order valence-electron chi connectivity index (χ1n) is 2.50. The van der Waals surface area contributed by atoms with Crippen LogP contribution >= 0.6 is 0 Å². The van der Waals surface area contributed by atoms with E-state index in [4.69, 9.17) is 24.9 Å². The van der Waals surface area contributed by atoms with Gasteiger partial charge in [-0.25, -0.2) is 4.79 Å². The van der Waals surface area contributed by atoms with Gasteiger partial charge in [0.1, 0.15) is 6.10 Å². The minimum Gasteiger partial charge on any atom is -0.476 e. The summed E-state index contributed by atoms with van der Waals surface area (Å²) >= 11 is 0. The molecule has 6 heteroatoms. The molecule has 0 amide bonds. The Bertz CT molecular complexity index is 131. The molecule has 3 N–H and O–H groups in total. The van der Waals surface area contributed by atoms with Crippen molar-refractivity contribution in [3.63, 3.8) is 0 Å². The van der Waals surface area contributed by atoms with Gasteiger partial charge in [0.15, 0.2) is 6.29 Å². The first kappa shape index (κ1) is 12.4. The Labute approximate surface area is 62.1 Å². The largest absolute Gasteiger partial charge is 0.476 e. The van der Waals surface area contributed by atoms with E-state index in [2.05, 4.69) is 0 Å². The molecule has 0 aromatic rings. The van der Waals surface area contributed by atoms with Crippen molar-refractivity contribution in [1.29, 1.82) is 0 Å². The Morgan fingerprint density at radius 3 is 1.82 bits per heavy atom. The van der Waals surface area contributed by atoms with Crippen molar-refractivity contribution in [2.45, 2.75) is 6.10 Å². The number of aliphatic hydroxyl groups is 2. The van der Waals surface area contributed by atoms with Crippen LogP contribution in [-0.4, -0.2) is 46.6 Å². The van der Waals surface area contributed by atoms with Gasteiger partial charge in [0, 0.05) is 0 Å². The van der Waals surface area contributed by atoms with Crippen LogP contribution in [0.3, 0.4) is 0 Å². The van der Waals surface area contributed by atoms with Gasteiger partial charge in [0.25, 0.3) is 0 Å². The molecule has 64 valence electrons. The van der Waals surface area contributed by atoms with Crippen LogP contribution in [0, 0.1) is 0 Å². The molecule has 0 heterocycles. The van der Waals surface area contributed by atoms with E-state index in [9.17, 15) is 4.79 Å². The van der Waals surface area contributed by atoms with Crippen molar-refractivity contribution in [3.05, 3.63) is 0 Å². The molecule has 6 nitrogen and oxygen atoms in total. The number of aliphatic hydroxyl groups excluding tert-OH is 2. The maximum Gasteiger partial charge on any atom is 0.368 e. The van der Waals surface area contributed by atoms with Gasteiger partial charge in [-0.05, 0) is 0 Å². The number of carbonyl (C=O) groups excluding carboxylic acids is 2. The lowest BCUT2D eigenvalue weighted by Crippen LogP contribution is -2.12. The highest BCUT2D eigenvalue weighted by molar-refractivity contribution is 6.19. The minimum atomic E-state index is -1.43. The molecule has 0 radical (unpaired) electrons. The summed E-state index contributed by atoms with van der Waals surface area (Å²) in [5.74, 6) is -1.43. The van der Waals surface area contributed by atoms with Gasteiger partial charge in [-0.2, -0.15) is 0 Å². The molecule has 0 aliphatic carbocycles. The third kappa shape index (κ3) is 17.7. The first-order valence-corrected chi connectivity index (χ1v) is 2.50. The molecule has 0 fully saturated rings. The summed E-state index contributed by atoms with van der Waals surface area (Å²) in [4.78, 5) is 27.2. The second-order valence-corrected chi connectivity index (χ2v) is 1.34. The van der Waals surface area contributed by atoms with Gasteiger partial charge in [-0.15, -0.1) is 0 Å². The standard InChI is InChI=1S/C3H6O3.C2H2O3/c4-1-3(6)2-5;3-1-2(4)5/h1,3,5-6H,2H2;1H,(H,4,5). The molecular formula is C5H8O6. The SMILES string of the molecule is O=CC(=O)O.O=CC(O)CO. The van der Waals surface area contributed by atoms with Gasteiger partial charge >= 0.3 is 5.97 Å². The molecule has 0 aromatic carbocycles. The van der Waals surface area contributed by atoms with E-state index >= 15 is 0 Å². The van der Waals surface area contributed by atoms with Crippen molar-refractivity contribution in [2.24, 2.45) is 0 Å². The molecule has 0 aromatic heterocycles. The fourth-order valence-electron chi connectivity index (χ4n) is 0.0430. The lowest BCUT2D eigenvalue weighted by molar-refractivity contribution is -0.143. The average Bonchev–Trinajstić information content (AvgIpc) is 2.04. The number of rotatable bonds is 3. The quantitative estimate of drug-likeness (QED) is 0.322. The van der Waals surface area contributed by atoms with Gasteiger partial charge in [0.05, 0.1) is 6.61 Å². The normalized spacial score (nSPS) is 10.4. The van der Waals surface area contributed by atoms with Crippen molar-refractivity contribution in [3.8, 4) is 0 Å². The first-order chi connectivity index (χ1) is 5.08. The number of aldehydes is 2. The Morgan fingerprint density at radius 1 is 1.45 bits per heavy atom. The number of hydrogen-bond acceptors (Lipinski definition) is 5. The molecule has 0 rings (SSSR count). The zero-order valence-electron chi connectivity index (χ0n) is 5.51. The number of carboxylic acid groups (broad SMARTS) is 1. The second-order valence-electron chi connectivity index (χ2n) is 1.34. The summed E-state index contributed by atoms with van der Waals surface area (Å²) in [6.45, 7) is -0.483. The van der Waals surface area contributed by atoms with Crippen LogP contribution in [0.15, 0.2) is 0 Å². The van der Waals surface area contributed by atoms with Gasteiger partial charge in [0.2, 0.25) is 6.29 Å². The lowest BCUT2D eigenvalue weighted by Gasteiger charge is -1.89. The molecule has 1 atom stereocenters. The maximum atomic E-state index is 9.33. The Hall–Kier alpha value is -1.27. The topological polar surface area (TPSA) is 112 Å². The molecular weight excluding hydrogens is 156 g/mol. The lowest BCUT2D eigenvalue weighted by atomic mass is 10.4. The fraction of sp³-hybridized carbons (Fsp3) is 0.400. The maximum absolute atomic E-state index is 9.33. The highest BCUT2D eigenvalue weighted by Gasteiger charge is 1.92. The third-order valence-electron chi connectivity index (χ3n) is 0.445. The van der Waals surface area contributed by atoms with Crippen LogP contribution in [0.5, 0.6) is 0 Å². The minimum absolute atomic E-state index is 0.167. The highest BCUT2D eigenvalue weighted by atomic mass is 16.4.